The van der Waals surface area contributed by atoms with Crippen molar-refractivity contribution in [2.45, 2.75) is 32.7 Å². The second-order valence-corrected chi connectivity index (χ2v) is 6.97. The molecule has 0 unspecified atom stereocenters. The summed E-state index contributed by atoms with van der Waals surface area (Å²) in [5.41, 5.74) is -1.25. The van der Waals surface area contributed by atoms with E-state index in [2.05, 4.69) is 5.32 Å². The van der Waals surface area contributed by atoms with E-state index in [1.807, 2.05) is 0 Å². The molecule has 0 saturated carbocycles. The quantitative estimate of drug-likeness (QED) is 0.492. The summed E-state index contributed by atoms with van der Waals surface area (Å²) < 4.78 is 81.0. The minimum Gasteiger partial charge on any atom is -0.348 e. The first-order chi connectivity index (χ1) is 14.4. The van der Waals surface area contributed by atoms with Crippen molar-refractivity contribution < 1.29 is 31.1 Å². The van der Waals surface area contributed by atoms with Crippen LogP contribution in [0.15, 0.2) is 54.6 Å². The number of hydrogen-bond donors (Lipinski definition) is 1. The molecule has 0 aliphatic rings. The normalized spacial score (nSPS) is 12.1. The van der Waals surface area contributed by atoms with Gasteiger partial charge in [-0.25, -0.2) is 0 Å². The molecule has 0 spiro atoms. The number of rotatable bonds is 4. The number of benzene rings is 2. The van der Waals surface area contributed by atoms with Crippen LogP contribution in [0.3, 0.4) is 0 Å². The number of carbonyl (C=O) groups excluding carboxylic acids is 1. The summed E-state index contributed by atoms with van der Waals surface area (Å²) in [7, 11) is 0. The molecule has 0 aliphatic carbocycles. The summed E-state index contributed by atoms with van der Waals surface area (Å²) >= 11 is 0. The van der Waals surface area contributed by atoms with Gasteiger partial charge in [-0.3, -0.25) is 4.79 Å². The lowest BCUT2D eigenvalue weighted by atomic mass is 10.1. The number of alkyl halides is 6. The molecule has 2 aromatic carbocycles. The molecule has 0 saturated heterocycles. The predicted octanol–water partition coefficient (Wildman–Crippen LogP) is 6.06. The van der Waals surface area contributed by atoms with Gasteiger partial charge in [-0.15, -0.1) is 0 Å². The van der Waals surface area contributed by atoms with Crippen LogP contribution in [0.25, 0.3) is 5.69 Å². The molecule has 3 rings (SSSR count). The van der Waals surface area contributed by atoms with Gasteiger partial charge >= 0.3 is 12.4 Å². The highest BCUT2D eigenvalue weighted by atomic mass is 19.4. The first-order valence-electron chi connectivity index (χ1n) is 9.20. The second-order valence-electron chi connectivity index (χ2n) is 6.97. The van der Waals surface area contributed by atoms with E-state index < -0.39 is 29.4 Å². The fourth-order valence-corrected chi connectivity index (χ4v) is 3.49. The number of hydrogen-bond acceptors (Lipinski definition) is 1. The number of aromatic nitrogens is 1. The lowest BCUT2D eigenvalue weighted by Crippen LogP contribution is -2.25. The summed E-state index contributed by atoms with van der Waals surface area (Å²) in [6.45, 7) is 2.66. The maximum absolute atomic E-state index is 13.4. The smallest absolute Gasteiger partial charge is 0.348 e. The van der Waals surface area contributed by atoms with Crippen molar-refractivity contribution >= 4 is 5.91 Å². The van der Waals surface area contributed by atoms with E-state index in [0.717, 1.165) is 12.1 Å². The Hall–Kier alpha value is -3.23. The Kier molecular flexibility index (Phi) is 5.89. The van der Waals surface area contributed by atoms with Crippen molar-refractivity contribution in [3.8, 4) is 5.69 Å². The zero-order chi connectivity index (χ0) is 23.0. The largest absolute Gasteiger partial charge is 0.418 e. The maximum atomic E-state index is 13.4. The fraction of sp³-hybridized carbons (Fsp3) is 0.227. The van der Waals surface area contributed by atoms with Gasteiger partial charge in [-0.05, 0) is 43.7 Å². The van der Waals surface area contributed by atoms with Crippen molar-refractivity contribution in [1.82, 2.24) is 9.88 Å². The Bertz CT molecular complexity index is 1110. The van der Waals surface area contributed by atoms with Crippen LogP contribution in [0.4, 0.5) is 26.3 Å². The molecular formula is C22H18F6N2O. The van der Waals surface area contributed by atoms with Crippen molar-refractivity contribution in [1.29, 1.82) is 0 Å². The van der Waals surface area contributed by atoms with Crippen LogP contribution in [0.2, 0.25) is 0 Å². The third-order valence-corrected chi connectivity index (χ3v) is 4.89. The molecule has 164 valence electrons. The number of nitrogens with zero attached hydrogens (tertiary/aromatic N) is 1. The van der Waals surface area contributed by atoms with Gasteiger partial charge < -0.3 is 9.88 Å². The van der Waals surface area contributed by atoms with Crippen LogP contribution in [-0.4, -0.2) is 10.5 Å². The minimum atomic E-state index is -4.59. The predicted molar refractivity (Wildman–Crippen MR) is 103 cm³/mol. The average molecular weight is 440 g/mol. The van der Waals surface area contributed by atoms with Gasteiger partial charge in [0.1, 0.15) is 0 Å². The summed E-state index contributed by atoms with van der Waals surface area (Å²) in [4.78, 5) is 12.7. The topological polar surface area (TPSA) is 34.0 Å². The summed E-state index contributed by atoms with van der Waals surface area (Å²) in [6.07, 6.45) is -9.16. The van der Waals surface area contributed by atoms with Crippen molar-refractivity contribution in [3.05, 3.63) is 88.2 Å². The van der Waals surface area contributed by atoms with Crippen LogP contribution < -0.4 is 5.32 Å². The molecule has 31 heavy (non-hydrogen) atoms. The molecule has 9 heteroatoms. The highest BCUT2D eigenvalue weighted by Crippen LogP contribution is 2.35. The van der Waals surface area contributed by atoms with Crippen LogP contribution in [0.1, 0.15) is 38.4 Å². The molecular weight excluding hydrogens is 422 g/mol. The molecule has 1 aromatic heterocycles. The third-order valence-electron chi connectivity index (χ3n) is 4.89. The monoisotopic (exact) mass is 440 g/mol. The van der Waals surface area contributed by atoms with Gasteiger partial charge in [-0.1, -0.05) is 30.3 Å². The van der Waals surface area contributed by atoms with Gasteiger partial charge in [0.2, 0.25) is 0 Å². The third kappa shape index (κ3) is 4.60. The second kappa shape index (κ2) is 8.13. The number of halogens is 6. The highest BCUT2D eigenvalue weighted by Gasteiger charge is 2.35. The van der Waals surface area contributed by atoms with Gasteiger partial charge in [-0.2, -0.15) is 26.3 Å². The van der Waals surface area contributed by atoms with E-state index in [-0.39, 0.29) is 29.1 Å². The van der Waals surface area contributed by atoms with Crippen LogP contribution >= 0.6 is 0 Å². The van der Waals surface area contributed by atoms with E-state index >= 15 is 0 Å². The maximum Gasteiger partial charge on any atom is 0.418 e. The summed E-state index contributed by atoms with van der Waals surface area (Å²) in [6, 6.07) is 11.2. The van der Waals surface area contributed by atoms with Gasteiger partial charge in [0.15, 0.2) is 0 Å². The number of carbonyl (C=O) groups is 1. The molecule has 0 atom stereocenters. The van der Waals surface area contributed by atoms with E-state index in [4.69, 9.17) is 0 Å². The summed E-state index contributed by atoms with van der Waals surface area (Å²) in [5.74, 6) is -0.680. The Labute approximate surface area is 174 Å². The molecule has 1 amide bonds. The number of aryl methyl sites for hydroxylation is 1. The molecule has 0 fully saturated rings. The Balaban J connectivity index is 1.92. The molecule has 0 bridgehead atoms. The van der Waals surface area contributed by atoms with Crippen molar-refractivity contribution in [2.75, 3.05) is 0 Å². The Morgan fingerprint density at radius 2 is 1.42 bits per heavy atom. The molecule has 0 aliphatic heterocycles. The molecule has 1 heterocycles. The Morgan fingerprint density at radius 3 is 2.03 bits per heavy atom. The molecule has 1 N–H and O–H groups in total. The standard InChI is InChI=1S/C22H18F6N2O/c1-13-11-16(14(2)30(13)19-10-6-5-9-18(19)22(26,27)28)20(31)29-12-15-7-3-4-8-17(15)21(23,24)25/h3-11H,12H2,1-2H3,(H,29,31). The minimum absolute atomic E-state index is 0.0824. The zero-order valence-electron chi connectivity index (χ0n) is 16.5. The van der Waals surface area contributed by atoms with Crippen LogP contribution in [0.5, 0.6) is 0 Å². The lowest BCUT2D eigenvalue weighted by Gasteiger charge is -2.17. The Morgan fingerprint density at radius 1 is 0.871 bits per heavy atom. The van der Waals surface area contributed by atoms with E-state index in [0.29, 0.717) is 5.69 Å². The average Bonchev–Trinajstić information content (AvgIpc) is 2.99. The van der Waals surface area contributed by atoms with E-state index in [1.54, 1.807) is 6.92 Å². The highest BCUT2D eigenvalue weighted by molar-refractivity contribution is 5.96. The number of nitrogens with one attached hydrogen (secondary N) is 1. The first kappa shape index (κ1) is 22.5. The van der Waals surface area contributed by atoms with Crippen LogP contribution in [-0.2, 0) is 18.9 Å². The summed E-state index contributed by atoms with van der Waals surface area (Å²) in [5, 5.41) is 2.43. The van der Waals surface area contributed by atoms with E-state index in [9.17, 15) is 31.1 Å². The van der Waals surface area contributed by atoms with Gasteiger partial charge in [0.05, 0.1) is 22.4 Å². The first-order valence-corrected chi connectivity index (χ1v) is 9.20. The number of amides is 1. The molecule has 3 nitrogen and oxygen atoms in total. The van der Waals surface area contributed by atoms with Crippen molar-refractivity contribution in [3.63, 3.8) is 0 Å². The van der Waals surface area contributed by atoms with Crippen LogP contribution in [0, 0.1) is 13.8 Å². The SMILES string of the molecule is Cc1cc(C(=O)NCc2ccccc2C(F)(F)F)c(C)n1-c1ccccc1C(F)(F)F. The van der Waals surface area contributed by atoms with E-state index in [1.165, 1.54) is 54.0 Å². The molecule has 0 radical (unpaired) electrons. The lowest BCUT2D eigenvalue weighted by molar-refractivity contribution is -0.138. The fourth-order valence-electron chi connectivity index (χ4n) is 3.49. The van der Waals surface area contributed by atoms with Gasteiger partial charge in [0, 0.05) is 17.9 Å². The van der Waals surface area contributed by atoms with Gasteiger partial charge in [0.25, 0.3) is 5.91 Å². The number of para-hydroxylation sites is 1. The van der Waals surface area contributed by atoms with Crippen molar-refractivity contribution in [2.24, 2.45) is 0 Å². The molecule has 3 aromatic rings. The zero-order valence-corrected chi connectivity index (χ0v) is 16.5.